The number of hydrogen-bond acceptors (Lipinski definition) is 2. The molecule has 0 amide bonds. The van der Waals surface area contributed by atoms with Gasteiger partial charge in [0.15, 0.2) is 12.0 Å². The molecule has 1 aromatic carbocycles. The number of halogens is 1. The summed E-state index contributed by atoms with van der Waals surface area (Å²) < 4.78 is 6.36. The van der Waals surface area contributed by atoms with E-state index in [0.717, 1.165) is 10.0 Å². The quantitative estimate of drug-likeness (QED) is 0.772. The molecule has 2 aromatic rings. The highest BCUT2D eigenvalue weighted by Gasteiger charge is 2.05. The van der Waals surface area contributed by atoms with Gasteiger partial charge in [-0.25, -0.2) is 0 Å². The number of benzene rings is 1. The van der Waals surface area contributed by atoms with Crippen LogP contribution in [0.5, 0.6) is 0 Å². The third-order valence-electron chi connectivity index (χ3n) is 2.20. The molecule has 2 nitrogen and oxygen atoms in total. The minimum Gasteiger partial charge on any atom is -0.453 e. The van der Waals surface area contributed by atoms with Crippen LogP contribution in [0.4, 0.5) is 0 Å². The van der Waals surface area contributed by atoms with Crippen LogP contribution in [0.25, 0.3) is 11.3 Å². The molecule has 0 saturated carbocycles. The molecule has 2 rings (SSSR count). The topological polar surface area (TPSA) is 30.2 Å². The van der Waals surface area contributed by atoms with Crippen molar-refractivity contribution < 1.29 is 9.21 Å². The Balaban J connectivity index is 2.44. The summed E-state index contributed by atoms with van der Waals surface area (Å²) in [6.45, 7) is 2.02. The lowest BCUT2D eigenvalue weighted by Crippen LogP contribution is -1.78. The van der Waals surface area contributed by atoms with Gasteiger partial charge < -0.3 is 4.42 Å². The Morgan fingerprint density at radius 2 is 2.07 bits per heavy atom. The highest BCUT2D eigenvalue weighted by molar-refractivity contribution is 9.10. The Labute approximate surface area is 96.0 Å². The minimum absolute atomic E-state index is 0.349. The second-order valence-electron chi connectivity index (χ2n) is 3.28. The second-order valence-corrected chi connectivity index (χ2v) is 4.14. The molecule has 0 unspecified atom stereocenters. The third-order valence-corrected chi connectivity index (χ3v) is 3.05. The van der Waals surface area contributed by atoms with Gasteiger partial charge in [-0.3, -0.25) is 4.79 Å². The Hall–Kier alpha value is -1.35. The van der Waals surface area contributed by atoms with E-state index in [0.29, 0.717) is 17.8 Å². The van der Waals surface area contributed by atoms with Gasteiger partial charge >= 0.3 is 0 Å². The number of furan rings is 1. The van der Waals surface area contributed by atoms with Crippen molar-refractivity contribution in [1.82, 2.24) is 0 Å². The normalized spacial score (nSPS) is 10.3. The molecule has 0 saturated heterocycles. The molecule has 1 heterocycles. The largest absolute Gasteiger partial charge is 0.453 e. The van der Waals surface area contributed by atoms with Gasteiger partial charge in [0, 0.05) is 10.0 Å². The zero-order valence-corrected chi connectivity index (χ0v) is 9.74. The summed E-state index contributed by atoms with van der Waals surface area (Å²) in [4.78, 5) is 10.5. The summed E-state index contributed by atoms with van der Waals surface area (Å²) in [5.74, 6) is 1.06. The minimum atomic E-state index is 0.349. The molecule has 0 spiro atoms. The van der Waals surface area contributed by atoms with E-state index in [-0.39, 0.29) is 0 Å². The molecular weight excluding hydrogens is 256 g/mol. The molecule has 3 heteroatoms. The second kappa shape index (κ2) is 4.03. The maximum atomic E-state index is 10.5. The summed E-state index contributed by atoms with van der Waals surface area (Å²) in [5, 5.41) is 0. The van der Waals surface area contributed by atoms with Gasteiger partial charge in [0.1, 0.15) is 5.76 Å². The Bertz CT molecular complexity index is 500. The van der Waals surface area contributed by atoms with Crippen LogP contribution in [-0.4, -0.2) is 6.29 Å². The number of aryl methyl sites for hydroxylation is 1. The Kier molecular flexibility index (Phi) is 2.73. The maximum absolute atomic E-state index is 10.5. The monoisotopic (exact) mass is 264 g/mol. The first-order chi connectivity index (χ1) is 7.20. The van der Waals surface area contributed by atoms with Gasteiger partial charge in [0.2, 0.25) is 0 Å². The van der Waals surface area contributed by atoms with E-state index in [9.17, 15) is 4.79 Å². The van der Waals surface area contributed by atoms with Crippen molar-refractivity contribution in [3.8, 4) is 11.3 Å². The van der Waals surface area contributed by atoms with E-state index in [1.807, 2.05) is 25.1 Å². The zero-order chi connectivity index (χ0) is 10.8. The fourth-order valence-corrected chi connectivity index (χ4v) is 1.70. The van der Waals surface area contributed by atoms with Crippen LogP contribution >= 0.6 is 15.9 Å². The lowest BCUT2D eigenvalue weighted by molar-refractivity contribution is 0.110. The number of rotatable bonds is 2. The molecule has 15 heavy (non-hydrogen) atoms. The Morgan fingerprint density at radius 3 is 2.67 bits per heavy atom. The van der Waals surface area contributed by atoms with E-state index in [1.165, 1.54) is 5.56 Å². The predicted molar refractivity (Wildman–Crippen MR) is 62.0 cm³/mol. The summed E-state index contributed by atoms with van der Waals surface area (Å²) in [7, 11) is 0. The van der Waals surface area contributed by atoms with Crippen LogP contribution in [0.2, 0.25) is 0 Å². The van der Waals surface area contributed by atoms with Gasteiger partial charge in [0.25, 0.3) is 0 Å². The molecule has 0 aliphatic carbocycles. The summed E-state index contributed by atoms with van der Waals surface area (Å²) in [6, 6.07) is 9.40. The van der Waals surface area contributed by atoms with Gasteiger partial charge in [-0.1, -0.05) is 28.1 Å². The van der Waals surface area contributed by atoms with Gasteiger partial charge in [-0.2, -0.15) is 0 Å². The molecule has 0 aliphatic heterocycles. The standard InChI is InChI=1S/C12H9BrO2/c1-8-2-3-9(6-11(8)13)12-5-4-10(7-14)15-12/h2-7H,1H3. The van der Waals surface area contributed by atoms with Gasteiger partial charge in [-0.15, -0.1) is 0 Å². The highest BCUT2D eigenvalue weighted by Crippen LogP contribution is 2.26. The number of carbonyl (C=O) groups is 1. The van der Waals surface area contributed by atoms with Crippen LogP contribution < -0.4 is 0 Å². The van der Waals surface area contributed by atoms with E-state index >= 15 is 0 Å². The molecule has 0 N–H and O–H groups in total. The van der Waals surface area contributed by atoms with Crippen molar-refractivity contribution in [2.75, 3.05) is 0 Å². The molecule has 0 fully saturated rings. The van der Waals surface area contributed by atoms with Crippen molar-refractivity contribution in [2.45, 2.75) is 6.92 Å². The number of aldehydes is 1. The van der Waals surface area contributed by atoms with Crippen LogP contribution in [0.15, 0.2) is 39.2 Å². The summed E-state index contributed by atoms with van der Waals surface area (Å²) in [5.41, 5.74) is 2.13. The van der Waals surface area contributed by atoms with E-state index in [4.69, 9.17) is 4.42 Å². The Morgan fingerprint density at radius 1 is 1.27 bits per heavy atom. The SMILES string of the molecule is Cc1ccc(-c2ccc(C=O)o2)cc1Br. The molecule has 0 aliphatic rings. The predicted octanol–water partition coefficient (Wildman–Crippen LogP) is 3.83. The van der Waals surface area contributed by atoms with Crippen LogP contribution in [-0.2, 0) is 0 Å². The summed E-state index contributed by atoms with van der Waals surface area (Å²) >= 11 is 3.46. The van der Waals surface area contributed by atoms with Gasteiger partial charge in [-0.05, 0) is 30.7 Å². The first-order valence-electron chi connectivity index (χ1n) is 4.52. The molecule has 0 radical (unpaired) electrons. The molecule has 1 aromatic heterocycles. The average Bonchev–Trinajstić information content (AvgIpc) is 2.70. The molecule has 76 valence electrons. The lowest BCUT2D eigenvalue weighted by atomic mass is 10.1. The first kappa shape index (κ1) is 10.2. The highest BCUT2D eigenvalue weighted by atomic mass is 79.9. The molecular formula is C12H9BrO2. The number of carbonyl (C=O) groups excluding carboxylic acids is 1. The fourth-order valence-electron chi connectivity index (χ4n) is 1.32. The van der Waals surface area contributed by atoms with E-state index < -0.39 is 0 Å². The number of hydrogen-bond donors (Lipinski definition) is 0. The van der Waals surface area contributed by atoms with Crippen molar-refractivity contribution >= 4 is 22.2 Å². The average molecular weight is 265 g/mol. The van der Waals surface area contributed by atoms with Crippen molar-refractivity contribution in [2.24, 2.45) is 0 Å². The zero-order valence-electron chi connectivity index (χ0n) is 8.16. The molecule has 0 bridgehead atoms. The molecule has 0 atom stereocenters. The van der Waals surface area contributed by atoms with Crippen LogP contribution in [0.1, 0.15) is 16.1 Å². The third kappa shape index (κ3) is 2.02. The van der Waals surface area contributed by atoms with Crippen LogP contribution in [0, 0.1) is 6.92 Å². The van der Waals surface area contributed by atoms with Crippen LogP contribution in [0.3, 0.4) is 0 Å². The smallest absolute Gasteiger partial charge is 0.185 e. The van der Waals surface area contributed by atoms with E-state index in [2.05, 4.69) is 15.9 Å². The summed E-state index contributed by atoms with van der Waals surface area (Å²) in [6.07, 6.45) is 0.701. The van der Waals surface area contributed by atoms with Crippen molar-refractivity contribution in [3.05, 3.63) is 46.1 Å². The van der Waals surface area contributed by atoms with E-state index in [1.54, 1.807) is 12.1 Å². The maximum Gasteiger partial charge on any atom is 0.185 e. The van der Waals surface area contributed by atoms with Crippen molar-refractivity contribution in [1.29, 1.82) is 0 Å². The first-order valence-corrected chi connectivity index (χ1v) is 5.31. The van der Waals surface area contributed by atoms with Crippen molar-refractivity contribution in [3.63, 3.8) is 0 Å². The lowest BCUT2D eigenvalue weighted by Gasteiger charge is -2.00. The fraction of sp³-hybridized carbons (Fsp3) is 0.0833. The van der Waals surface area contributed by atoms with Gasteiger partial charge in [0.05, 0.1) is 0 Å².